The average Bonchev–Trinajstić information content (AvgIpc) is 3.23. The van der Waals surface area contributed by atoms with Gasteiger partial charge < -0.3 is 14.8 Å². The lowest BCUT2D eigenvalue weighted by atomic mass is 10.1. The van der Waals surface area contributed by atoms with Crippen molar-refractivity contribution in [2.75, 3.05) is 13.8 Å². The van der Waals surface area contributed by atoms with Crippen molar-refractivity contribution in [2.45, 2.75) is 25.6 Å². The molecule has 1 amide bonds. The Morgan fingerprint density at radius 2 is 2.04 bits per heavy atom. The van der Waals surface area contributed by atoms with Crippen LogP contribution in [0.4, 0.5) is 0 Å². The van der Waals surface area contributed by atoms with Gasteiger partial charge in [0.15, 0.2) is 23.1 Å². The Hall–Kier alpha value is -2.77. The predicted molar refractivity (Wildman–Crippen MR) is 104 cm³/mol. The Bertz CT molecular complexity index is 949. The van der Waals surface area contributed by atoms with E-state index >= 15 is 0 Å². The number of benzene rings is 2. The van der Waals surface area contributed by atoms with Crippen LogP contribution in [0.1, 0.15) is 24.5 Å². The summed E-state index contributed by atoms with van der Waals surface area (Å²) in [5.41, 5.74) is 0.686. The lowest BCUT2D eigenvalue weighted by Gasteiger charge is -2.21. The molecule has 0 aromatic heterocycles. The van der Waals surface area contributed by atoms with E-state index in [9.17, 15) is 4.79 Å². The van der Waals surface area contributed by atoms with Crippen LogP contribution in [0, 0.1) is 0 Å². The van der Waals surface area contributed by atoms with Crippen molar-refractivity contribution in [3.05, 3.63) is 58.6 Å². The largest absolute Gasteiger partial charge is 0.454 e. The van der Waals surface area contributed by atoms with Crippen LogP contribution in [0.15, 0.2) is 47.5 Å². The van der Waals surface area contributed by atoms with Gasteiger partial charge in [0.2, 0.25) is 12.7 Å². The second-order valence-electron chi connectivity index (χ2n) is 6.82. The van der Waals surface area contributed by atoms with Gasteiger partial charge in [0, 0.05) is 19.2 Å². The quantitative estimate of drug-likeness (QED) is 0.833. The third kappa shape index (κ3) is 3.76. The van der Waals surface area contributed by atoms with Crippen LogP contribution < -0.4 is 14.8 Å². The van der Waals surface area contributed by atoms with Gasteiger partial charge in [0.1, 0.15) is 0 Å². The van der Waals surface area contributed by atoms with Crippen LogP contribution >= 0.6 is 11.6 Å². The van der Waals surface area contributed by atoms with Crippen molar-refractivity contribution in [2.24, 2.45) is 4.99 Å². The summed E-state index contributed by atoms with van der Waals surface area (Å²) in [5, 5.41) is 5.02. The zero-order valence-electron chi connectivity index (χ0n) is 15.6. The molecular weight excluding hydrogens is 382 g/mol. The molecule has 0 saturated carbocycles. The van der Waals surface area contributed by atoms with E-state index in [1.54, 1.807) is 25.1 Å². The number of carbonyl (C=O) groups is 1. The van der Waals surface area contributed by atoms with Crippen LogP contribution in [0.3, 0.4) is 0 Å². The standard InChI is InChI=1S/C20H20ClN3O4/c1-20(23-19(24(2)28-20)14-5-3-4-6-15(14)21)10-18(25)22-11-13-7-8-16-17(9-13)27-12-26-16/h3-9H,10-12H2,1-2H3,(H,22,25). The molecule has 7 nitrogen and oxygen atoms in total. The third-order valence-corrected chi connectivity index (χ3v) is 4.83. The minimum Gasteiger partial charge on any atom is -0.454 e. The Morgan fingerprint density at radius 3 is 2.86 bits per heavy atom. The van der Waals surface area contributed by atoms with E-state index in [0.717, 1.165) is 11.1 Å². The molecule has 146 valence electrons. The second kappa shape index (κ2) is 7.33. The number of amides is 1. The van der Waals surface area contributed by atoms with Gasteiger partial charge in [-0.1, -0.05) is 29.8 Å². The topological polar surface area (TPSA) is 72.4 Å². The number of amidine groups is 1. The van der Waals surface area contributed by atoms with Gasteiger partial charge in [-0.2, -0.15) is 0 Å². The van der Waals surface area contributed by atoms with Gasteiger partial charge in [-0.25, -0.2) is 14.9 Å². The maximum absolute atomic E-state index is 12.5. The van der Waals surface area contributed by atoms with Crippen LogP contribution in [-0.4, -0.2) is 36.4 Å². The average molecular weight is 402 g/mol. The number of nitrogens with one attached hydrogen (secondary N) is 1. The van der Waals surface area contributed by atoms with E-state index in [-0.39, 0.29) is 19.1 Å². The fraction of sp³-hybridized carbons (Fsp3) is 0.300. The minimum atomic E-state index is -0.998. The molecule has 28 heavy (non-hydrogen) atoms. The highest BCUT2D eigenvalue weighted by molar-refractivity contribution is 6.34. The zero-order chi connectivity index (χ0) is 19.7. The van der Waals surface area contributed by atoms with Gasteiger partial charge in [-0.3, -0.25) is 4.79 Å². The highest BCUT2D eigenvalue weighted by atomic mass is 35.5. The smallest absolute Gasteiger partial charge is 0.231 e. The number of nitrogens with zero attached hydrogens (tertiary/aromatic N) is 2. The number of aliphatic imine (C=N–C) groups is 1. The third-order valence-electron chi connectivity index (χ3n) is 4.50. The maximum Gasteiger partial charge on any atom is 0.231 e. The predicted octanol–water partition coefficient (Wildman–Crippen LogP) is 3.12. The molecule has 2 aliphatic heterocycles. The molecule has 2 heterocycles. The highest BCUT2D eigenvalue weighted by Gasteiger charge is 2.38. The summed E-state index contributed by atoms with van der Waals surface area (Å²) in [5.74, 6) is 1.83. The number of carbonyl (C=O) groups excluding carboxylic acids is 1. The Kier molecular flexibility index (Phi) is 4.87. The maximum atomic E-state index is 12.5. The normalized spacial score (nSPS) is 20.2. The molecule has 1 atom stereocenters. The lowest BCUT2D eigenvalue weighted by Crippen LogP contribution is -2.35. The number of rotatable bonds is 5. The molecule has 4 rings (SSSR count). The molecule has 0 radical (unpaired) electrons. The highest BCUT2D eigenvalue weighted by Crippen LogP contribution is 2.33. The SMILES string of the molecule is CN1OC(C)(CC(=O)NCc2ccc3c(c2)OCO3)N=C1c1ccccc1Cl. The molecule has 0 fully saturated rings. The molecule has 1 N–H and O–H groups in total. The Balaban J connectivity index is 1.40. The first kappa shape index (κ1) is 18.6. The van der Waals surface area contributed by atoms with E-state index in [0.29, 0.717) is 28.9 Å². The second-order valence-corrected chi connectivity index (χ2v) is 7.23. The lowest BCUT2D eigenvalue weighted by molar-refractivity contribution is -0.166. The number of ether oxygens (including phenoxy) is 2. The van der Waals surface area contributed by atoms with Gasteiger partial charge in [0.25, 0.3) is 0 Å². The molecule has 8 heteroatoms. The van der Waals surface area contributed by atoms with E-state index in [1.807, 2.05) is 36.4 Å². The number of fused-ring (bicyclic) bond motifs is 1. The van der Waals surface area contributed by atoms with Gasteiger partial charge in [-0.05, 0) is 36.8 Å². The van der Waals surface area contributed by atoms with Crippen molar-refractivity contribution in [1.29, 1.82) is 0 Å². The van der Waals surface area contributed by atoms with Crippen LogP contribution in [0.25, 0.3) is 0 Å². The van der Waals surface area contributed by atoms with E-state index < -0.39 is 5.72 Å². The molecule has 2 aliphatic rings. The van der Waals surface area contributed by atoms with E-state index in [4.69, 9.17) is 25.9 Å². The van der Waals surface area contributed by atoms with Crippen molar-refractivity contribution in [3.63, 3.8) is 0 Å². The summed E-state index contributed by atoms with van der Waals surface area (Å²) >= 11 is 6.26. The first-order valence-corrected chi connectivity index (χ1v) is 9.24. The molecule has 1 unspecified atom stereocenters. The molecule has 0 bridgehead atoms. The minimum absolute atomic E-state index is 0.0792. The summed E-state index contributed by atoms with van der Waals surface area (Å²) in [6, 6.07) is 13.0. The molecular formula is C20H20ClN3O4. The van der Waals surface area contributed by atoms with Gasteiger partial charge in [0.05, 0.1) is 11.4 Å². The Morgan fingerprint density at radius 1 is 1.25 bits per heavy atom. The number of halogens is 1. The van der Waals surface area contributed by atoms with Crippen molar-refractivity contribution < 1.29 is 19.1 Å². The van der Waals surface area contributed by atoms with Crippen LogP contribution in [0.5, 0.6) is 11.5 Å². The number of hydrogen-bond acceptors (Lipinski definition) is 6. The summed E-state index contributed by atoms with van der Waals surface area (Å²) < 4.78 is 10.6. The fourth-order valence-corrected chi connectivity index (χ4v) is 3.43. The first-order valence-electron chi connectivity index (χ1n) is 8.86. The fourth-order valence-electron chi connectivity index (χ4n) is 3.21. The van der Waals surface area contributed by atoms with Crippen molar-refractivity contribution in [1.82, 2.24) is 10.4 Å². The van der Waals surface area contributed by atoms with Crippen molar-refractivity contribution >= 4 is 23.3 Å². The van der Waals surface area contributed by atoms with Crippen LogP contribution in [0.2, 0.25) is 5.02 Å². The first-order chi connectivity index (χ1) is 13.4. The number of hydrogen-bond donors (Lipinski definition) is 1. The van der Waals surface area contributed by atoms with Gasteiger partial charge >= 0.3 is 0 Å². The van der Waals surface area contributed by atoms with E-state index in [2.05, 4.69) is 10.3 Å². The summed E-state index contributed by atoms with van der Waals surface area (Å²) in [6.45, 7) is 2.37. The molecule has 0 saturated heterocycles. The molecule has 0 spiro atoms. The summed E-state index contributed by atoms with van der Waals surface area (Å²) in [6.07, 6.45) is 0.0792. The molecule has 0 aliphatic carbocycles. The molecule has 2 aromatic rings. The summed E-state index contributed by atoms with van der Waals surface area (Å²) in [7, 11) is 1.75. The zero-order valence-corrected chi connectivity index (χ0v) is 16.3. The van der Waals surface area contributed by atoms with Crippen molar-refractivity contribution in [3.8, 4) is 11.5 Å². The number of hydroxylamine groups is 2. The van der Waals surface area contributed by atoms with E-state index in [1.165, 1.54) is 0 Å². The summed E-state index contributed by atoms with van der Waals surface area (Å²) in [4.78, 5) is 22.9. The molecule has 2 aromatic carbocycles. The van der Waals surface area contributed by atoms with Gasteiger partial charge in [-0.15, -0.1) is 0 Å². The van der Waals surface area contributed by atoms with Crippen LogP contribution in [-0.2, 0) is 16.2 Å². The monoisotopic (exact) mass is 401 g/mol. The Labute approximate surface area is 167 Å².